The molecule has 138 valence electrons. The van der Waals surface area contributed by atoms with Crippen molar-refractivity contribution < 1.29 is 19.4 Å². The van der Waals surface area contributed by atoms with Gasteiger partial charge in [0, 0.05) is 29.6 Å². The maximum absolute atomic E-state index is 11.0. The molecule has 0 saturated carbocycles. The Hall–Kier alpha value is -3.68. The monoisotopic (exact) mass is 366 g/mol. The highest BCUT2D eigenvalue weighted by atomic mass is 16.5. The first kappa shape index (κ1) is 18.1. The minimum atomic E-state index is -0.978. The third kappa shape index (κ3) is 4.12. The Morgan fingerprint density at radius 1 is 1.33 bits per heavy atom. The summed E-state index contributed by atoms with van der Waals surface area (Å²) in [5.41, 5.74) is 2.75. The maximum atomic E-state index is 11.0. The first-order chi connectivity index (χ1) is 13.1. The van der Waals surface area contributed by atoms with E-state index in [4.69, 9.17) is 14.6 Å². The van der Waals surface area contributed by atoms with Gasteiger partial charge >= 0.3 is 5.97 Å². The van der Waals surface area contributed by atoms with Crippen LogP contribution >= 0.6 is 0 Å². The van der Waals surface area contributed by atoms with Gasteiger partial charge in [-0.2, -0.15) is 5.10 Å². The quantitative estimate of drug-likeness (QED) is 0.654. The Bertz CT molecular complexity index is 968. The first-order valence-electron chi connectivity index (χ1n) is 8.09. The lowest BCUT2D eigenvalue weighted by Gasteiger charge is -2.13. The van der Waals surface area contributed by atoms with Crippen molar-refractivity contribution in [2.75, 3.05) is 7.11 Å². The smallest absolute Gasteiger partial charge is 0.325 e. The van der Waals surface area contributed by atoms with Gasteiger partial charge in [0.25, 0.3) is 0 Å². The van der Waals surface area contributed by atoms with Gasteiger partial charge in [-0.15, -0.1) is 0 Å². The van der Waals surface area contributed by atoms with Crippen molar-refractivity contribution in [1.82, 2.24) is 19.7 Å². The summed E-state index contributed by atoms with van der Waals surface area (Å²) in [5, 5.41) is 13.1. The number of pyridine rings is 2. The molecule has 0 amide bonds. The van der Waals surface area contributed by atoms with E-state index < -0.39 is 5.97 Å². The van der Waals surface area contributed by atoms with E-state index in [9.17, 15) is 4.79 Å². The minimum absolute atomic E-state index is 0.219. The second kappa shape index (κ2) is 8.13. The lowest BCUT2D eigenvalue weighted by atomic mass is 10.1. The molecule has 0 aliphatic heterocycles. The van der Waals surface area contributed by atoms with Gasteiger partial charge in [0.15, 0.2) is 0 Å². The van der Waals surface area contributed by atoms with Crippen LogP contribution in [0.3, 0.4) is 0 Å². The van der Waals surface area contributed by atoms with Crippen molar-refractivity contribution in [2.24, 2.45) is 0 Å². The molecule has 0 saturated heterocycles. The van der Waals surface area contributed by atoms with Crippen LogP contribution < -0.4 is 9.47 Å². The molecule has 8 nitrogen and oxygen atoms in total. The third-order valence-electron chi connectivity index (χ3n) is 3.82. The highest BCUT2D eigenvalue weighted by Gasteiger charge is 2.14. The number of carboxylic acid groups (broad SMARTS) is 1. The van der Waals surface area contributed by atoms with Crippen LogP contribution in [-0.2, 0) is 17.9 Å². The summed E-state index contributed by atoms with van der Waals surface area (Å²) in [7, 11) is 1.54. The lowest BCUT2D eigenvalue weighted by Crippen LogP contribution is -2.12. The molecule has 0 aromatic carbocycles. The zero-order valence-corrected chi connectivity index (χ0v) is 14.7. The molecule has 8 heteroatoms. The molecule has 0 radical (unpaired) electrons. The van der Waals surface area contributed by atoms with E-state index in [1.54, 1.807) is 42.9 Å². The van der Waals surface area contributed by atoms with Gasteiger partial charge in [0.05, 0.1) is 24.7 Å². The predicted octanol–water partition coefficient (Wildman–Crippen LogP) is 2.66. The van der Waals surface area contributed by atoms with Crippen LogP contribution in [0.2, 0.25) is 0 Å². The van der Waals surface area contributed by atoms with Gasteiger partial charge in [-0.05, 0) is 12.1 Å². The maximum Gasteiger partial charge on any atom is 0.325 e. The van der Waals surface area contributed by atoms with E-state index in [0.29, 0.717) is 23.0 Å². The molecule has 1 N–H and O–H groups in total. The standard InChI is InChI=1S/C19H18N4O4/c1-3-13-9-17(26-2)21-10-16(13)27-12-14-5-4-7-20-19(14)15-6-8-22-23(15)11-18(24)25/h3-10H,1,11-12H2,2H3,(H,24,25). The summed E-state index contributed by atoms with van der Waals surface area (Å²) >= 11 is 0. The van der Waals surface area contributed by atoms with Gasteiger partial charge in [0.1, 0.15) is 18.9 Å². The average Bonchev–Trinajstić information content (AvgIpc) is 3.13. The van der Waals surface area contributed by atoms with Crippen molar-refractivity contribution in [2.45, 2.75) is 13.2 Å². The second-order valence-corrected chi connectivity index (χ2v) is 5.54. The van der Waals surface area contributed by atoms with Gasteiger partial charge < -0.3 is 14.6 Å². The molecule has 3 rings (SSSR count). The molecule has 0 aliphatic carbocycles. The van der Waals surface area contributed by atoms with Gasteiger partial charge in [-0.1, -0.05) is 18.7 Å². The Labute approximate surface area is 155 Å². The van der Waals surface area contributed by atoms with Crippen LogP contribution in [0.25, 0.3) is 17.5 Å². The largest absolute Gasteiger partial charge is 0.487 e. The van der Waals surface area contributed by atoms with Crippen molar-refractivity contribution in [3.63, 3.8) is 0 Å². The molecule has 27 heavy (non-hydrogen) atoms. The molecule has 0 atom stereocenters. The summed E-state index contributed by atoms with van der Waals surface area (Å²) in [6, 6.07) is 7.11. The molecule has 0 unspecified atom stereocenters. The summed E-state index contributed by atoms with van der Waals surface area (Å²) in [5.74, 6) is 0.0464. The molecule has 3 aromatic heterocycles. The van der Waals surface area contributed by atoms with Crippen molar-refractivity contribution >= 4 is 12.0 Å². The SMILES string of the molecule is C=Cc1cc(OC)ncc1OCc1cccnc1-c1ccnn1CC(=O)O. The number of carboxylic acids is 1. The van der Waals surface area contributed by atoms with Crippen molar-refractivity contribution in [3.05, 3.63) is 60.6 Å². The summed E-state index contributed by atoms with van der Waals surface area (Å²) in [6.07, 6.45) is 6.41. The Kier molecular flexibility index (Phi) is 5.46. The molecule has 3 aromatic rings. The summed E-state index contributed by atoms with van der Waals surface area (Å²) < 4.78 is 12.4. The Balaban J connectivity index is 1.87. The Morgan fingerprint density at radius 2 is 2.19 bits per heavy atom. The molecule has 3 heterocycles. The number of hydrogen-bond acceptors (Lipinski definition) is 6. The van der Waals surface area contributed by atoms with Gasteiger partial charge in [-0.3, -0.25) is 14.5 Å². The lowest BCUT2D eigenvalue weighted by molar-refractivity contribution is -0.137. The zero-order chi connectivity index (χ0) is 19.2. The van der Waals surface area contributed by atoms with Crippen molar-refractivity contribution in [1.29, 1.82) is 0 Å². The summed E-state index contributed by atoms with van der Waals surface area (Å²) in [4.78, 5) is 19.6. The zero-order valence-electron chi connectivity index (χ0n) is 14.7. The summed E-state index contributed by atoms with van der Waals surface area (Å²) in [6.45, 7) is 3.75. The van der Waals surface area contributed by atoms with Crippen LogP contribution in [0.15, 0.2) is 49.4 Å². The first-order valence-corrected chi connectivity index (χ1v) is 8.09. The molecule has 0 spiro atoms. The van der Waals surface area contributed by atoms with E-state index >= 15 is 0 Å². The van der Waals surface area contributed by atoms with E-state index in [2.05, 4.69) is 21.6 Å². The fourth-order valence-electron chi connectivity index (χ4n) is 2.56. The van der Waals surface area contributed by atoms with Crippen molar-refractivity contribution in [3.8, 4) is 23.0 Å². The van der Waals surface area contributed by atoms with Gasteiger partial charge in [-0.25, -0.2) is 4.98 Å². The second-order valence-electron chi connectivity index (χ2n) is 5.54. The number of methoxy groups -OCH3 is 1. The molecule has 0 aliphatic rings. The van der Waals surface area contributed by atoms with E-state index in [0.717, 1.165) is 11.1 Å². The third-order valence-corrected chi connectivity index (χ3v) is 3.82. The van der Waals surface area contributed by atoms with Crippen LogP contribution in [0.4, 0.5) is 0 Å². The number of carbonyl (C=O) groups is 1. The average molecular weight is 366 g/mol. The minimum Gasteiger partial charge on any atom is -0.487 e. The molecule has 0 fully saturated rings. The highest BCUT2D eigenvalue weighted by molar-refractivity contribution is 5.68. The van der Waals surface area contributed by atoms with E-state index in [1.165, 1.54) is 11.8 Å². The predicted molar refractivity (Wildman–Crippen MR) is 98.3 cm³/mol. The normalized spacial score (nSPS) is 10.4. The van der Waals surface area contributed by atoms with E-state index in [1.807, 2.05) is 6.07 Å². The number of nitrogens with zero attached hydrogens (tertiary/aromatic N) is 4. The van der Waals surface area contributed by atoms with Crippen LogP contribution in [0.5, 0.6) is 11.6 Å². The number of aliphatic carboxylic acids is 1. The molecular formula is C19H18N4O4. The Morgan fingerprint density at radius 3 is 2.93 bits per heavy atom. The number of hydrogen-bond donors (Lipinski definition) is 1. The molecule has 0 bridgehead atoms. The molecular weight excluding hydrogens is 348 g/mol. The van der Waals surface area contributed by atoms with Crippen LogP contribution in [0, 0.1) is 0 Å². The number of aromatic nitrogens is 4. The fraction of sp³-hybridized carbons (Fsp3) is 0.158. The highest BCUT2D eigenvalue weighted by Crippen LogP contribution is 2.26. The van der Waals surface area contributed by atoms with Gasteiger partial charge in [0.2, 0.25) is 5.88 Å². The van der Waals surface area contributed by atoms with Crippen LogP contribution in [-0.4, -0.2) is 37.9 Å². The number of rotatable bonds is 8. The fourth-order valence-corrected chi connectivity index (χ4v) is 2.56. The van der Waals surface area contributed by atoms with Crippen LogP contribution in [0.1, 0.15) is 11.1 Å². The topological polar surface area (TPSA) is 99.4 Å². The van der Waals surface area contributed by atoms with E-state index in [-0.39, 0.29) is 13.2 Å². The number of ether oxygens (including phenoxy) is 2.